The first-order valence-electron chi connectivity index (χ1n) is 6.28. The van der Waals surface area contributed by atoms with E-state index in [1.54, 1.807) is 24.5 Å². The lowest BCUT2D eigenvalue weighted by molar-refractivity contribution is -0.116. The minimum absolute atomic E-state index is 0.0903. The summed E-state index contributed by atoms with van der Waals surface area (Å²) >= 11 is 5.84. The van der Waals surface area contributed by atoms with Crippen molar-refractivity contribution in [1.82, 2.24) is 4.98 Å². The van der Waals surface area contributed by atoms with Crippen molar-refractivity contribution in [2.75, 3.05) is 5.32 Å². The highest BCUT2D eigenvalue weighted by atomic mass is 35.5. The highest BCUT2D eigenvalue weighted by Gasteiger charge is 2.15. The lowest BCUT2D eigenvalue weighted by Gasteiger charge is -2.09. The number of aryl methyl sites for hydroxylation is 1. The predicted molar refractivity (Wildman–Crippen MR) is 79.6 cm³/mol. The molecule has 0 saturated heterocycles. The van der Waals surface area contributed by atoms with E-state index in [1.165, 1.54) is 12.1 Å². The van der Waals surface area contributed by atoms with Crippen molar-refractivity contribution >= 4 is 29.2 Å². The maximum Gasteiger partial charge on any atom is 0.339 e. The Hall–Kier alpha value is -2.40. The van der Waals surface area contributed by atoms with E-state index < -0.39 is 5.97 Å². The van der Waals surface area contributed by atoms with Crippen LogP contribution >= 0.6 is 11.6 Å². The molecule has 1 aromatic carbocycles. The smallest absolute Gasteiger partial charge is 0.339 e. The lowest BCUT2D eigenvalue weighted by Crippen LogP contribution is -2.15. The fourth-order valence-corrected chi connectivity index (χ4v) is 2.12. The Kier molecular flexibility index (Phi) is 4.90. The number of nitrogens with zero attached hydrogens (tertiary/aromatic N) is 1. The second-order valence-electron chi connectivity index (χ2n) is 4.38. The van der Waals surface area contributed by atoms with Gasteiger partial charge < -0.3 is 10.4 Å². The number of hydrogen-bond donors (Lipinski definition) is 2. The number of aromatic carboxylic acids is 1. The van der Waals surface area contributed by atoms with Crippen LogP contribution in [0.3, 0.4) is 0 Å². The number of rotatable bonds is 5. The van der Waals surface area contributed by atoms with Crippen LogP contribution in [0.5, 0.6) is 0 Å². The Labute approximate surface area is 126 Å². The van der Waals surface area contributed by atoms with Crippen molar-refractivity contribution in [3.05, 3.63) is 58.9 Å². The van der Waals surface area contributed by atoms with E-state index in [-0.39, 0.29) is 28.6 Å². The first kappa shape index (κ1) is 15.0. The van der Waals surface area contributed by atoms with Crippen LogP contribution in [0, 0.1) is 0 Å². The number of anilines is 1. The summed E-state index contributed by atoms with van der Waals surface area (Å²) in [4.78, 5) is 27.0. The van der Waals surface area contributed by atoms with Crippen molar-refractivity contribution < 1.29 is 14.7 Å². The van der Waals surface area contributed by atoms with Crippen LogP contribution in [-0.2, 0) is 11.2 Å². The Balaban J connectivity index is 2.03. The molecule has 5 nitrogen and oxygen atoms in total. The number of carboxylic acid groups (broad SMARTS) is 1. The third-order valence-electron chi connectivity index (χ3n) is 2.87. The van der Waals surface area contributed by atoms with Crippen molar-refractivity contribution in [1.29, 1.82) is 0 Å². The van der Waals surface area contributed by atoms with Gasteiger partial charge in [0.05, 0.1) is 10.7 Å². The van der Waals surface area contributed by atoms with Gasteiger partial charge in [-0.15, -0.1) is 0 Å². The van der Waals surface area contributed by atoms with Gasteiger partial charge in [-0.3, -0.25) is 9.78 Å². The van der Waals surface area contributed by atoms with Crippen molar-refractivity contribution in [3.63, 3.8) is 0 Å². The number of carboxylic acids is 1. The van der Waals surface area contributed by atoms with Gasteiger partial charge in [0, 0.05) is 18.8 Å². The molecule has 6 heteroatoms. The van der Waals surface area contributed by atoms with Crippen LogP contribution in [-0.4, -0.2) is 22.0 Å². The molecule has 2 rings (SSSR count). The zero-order valence-corrected chi connectivity index (χ0v) is 11.8. The summed E-state index contributed by atoms with van der Waals surface area (Å²) in [6.07, 6.45) is 4.12. The summed E-state index contributed by atoms with van der Waals surface area (Å²) in [7, 11) is 0. The lowest BCUT2D eigenvalue weighted by atomic mass is 10.1. The maximum absolute atomic E-state index is 11.9. The largest absolute Gasteiger partial charge is 0.478 e. The average molecular weight is 305 g/mol. The Morgan fingerprint density at radius 2 is 2.05 bits per heavy atom. The molecule has 1 aromatic heterocycles. The molecule has 1 heterocycles. The molecule has 108 valence electrons. The molecule has 0 radical (unpaired) electrons. The van der Waals surface area contributed by atoms with E-state index in [9.17, 15) is 9.59 Å². The van der Waals surface area contributed by atoms with Crippen LogP contribution < -0.4 is 5.32 Å². The molecule has 0 bridgehead atoms. The summed E-state index contributed by atoms with van der Waals surface area (Å²) < 4.78 is 0. The number of halogens is 1. The minimum atomic E-state index is -1.18. The highest BCUT2D eigenvalue weighted by molar-refractivity contribution is 6.34. The van der Waals surface area contributed by atoms with E-state index in [2.05, 4.69) is 10.3 Å². The Morgan fingerprint density at radius 1 is 1.24 bits per heavy atom. The number of amides is 1. The van der Waals surface area contributed by atoms with Gasteiger partial charge in [0.15, 0.2) is 0 Å². The second-order valence-corrected chi connectivity index (χ2v) is 4.78. The molecule has 21 heavy (non-hydrogen) atoms. The number of carbonyl (C=O) groups is 2. The Morgan fingerprint density at radius 3 is 2.71 bits per heavy atom. The molecule has 2 aromatic rings. The Bertz CT molecular complexity index is 659. The van der Waals surface area contributed by atoms with Crippen LogP contribution in [0.2, 0.25) is 5.02 Å². The van der Waals surface area contributed by atoms with E-state index >= 15 is 0 Å². The monoisotopic (exact) mass is 304 g/mol. The zero-order chi connectivity index (χ0) is 15.2. The highest BCUT2D eigenvalue weighted by Crippen LogP contribution is 2.24. The number of pyridine rings is 1. The molecule has 1 amide bonds. The summed E-state index contributed by atoms with van der Waals surface area (Å²) in [6, 6.07) is 8.24. The van der Waals surface area contributed by atoms with Gasteiger partial charge in [0.2, 0.25) is 5.91 Å². The van der Waals surface area contributed by atoms with Crippen LogP contribution in [0.25, 0.3) is 0 Å². The molecule has 2 N–H and O–H groups in total. The van der Waals surface area contributed by atoms with Crippen LogP contribution in [0.4, 0.5) is 5.69 Å². The number of carbonyl (C=O) groups excluding carboxylic acids is 1. The molecule has 0 fully saturated rings. The van der Waals surface area contributed by atoms with Gasteiger partial charge in [-0.05, 0) is 30.2 Å². The molecular weight excluding hydrogens is 292 g/mol. The minimum Gasteiger partial charge on any atom is -0.478 e. The van der Waals surface area contributed by atoms with Crippen LogP contribution in [0.15, 0.2) is 42.7 Å². The average Bonchev–Trinajstić information content (AvgIpc) is 2.46. The topological polar surface area (TPSA) is 79.3 Å². The zero-order valence-electron chi connectivity index (χ0n) is 11.0. The van der Waals surface area contributed by atoms with Crippen molar-refractivity contribution in [2.24, 2.45) is 0 Å². The summed E-state index contributed by atoms with van der Waals surface area (Å²) in [6.45, 7) is 0. The normalized spacial score (nSPS) is 10.1. The fraction of sp³-hybridized carbons (Fsp3) is 0.133. The molecule has 0 aliphatic carbocycles. The van der Waals surface area contributed by atoms with Gasteiger partial charge in [-0.1, -0.05) is 23.7 Å². The van der Waals surface area contributed by atoms with Crippen molar-refractivity contribution in [3.8, 4) is 0 Å². The molecule has 0 aliphatic rings. The second kappa shape index (κ2) is 6.85. The quantitative estimate of drug-likeness (QED) is 0.890. The maximum atomic E-state index is 11.9. The SMILES string of the molecule is O=C(CCc1cccnc1)Nc1cccc(Cl)c1C(=O)O. The molecule has 0 spiro atoms. The van der Waals surface area contributed by atoms with Gasteiger partial charge in [0.1, 0.15) is 5.56 Å². The molecule has 0 saturated carbocycles. The third kappa shape index (κ3) is 4.03. The van der Waals surface area contributed by atoms with E-state index in [0.29, 0.717) is 6.42 Å². The molecule has 0 unspecified atom stereocenters. The number of nitrogens with one attached hydrogen (secondary N) is 1. The summed E-state index contributed by atoms with van der Waals surface area (Å²) in [5.41, 5.74) is 1.04. The summed E-state index contributed by atoms with van der Waals surface area (Å²) in [5.74, 6) is -1.45. The molecule has 0 aliphatic heterocycles. The van der Waals surface area contributed by atoms with E-state index in [4.69, 9.17) is 16.7 Å². The fourth-order valence-electron chi connectivity index (χ4n) is 1.86. The van der Waals surface area contributed by atoms with Crippen LogP contribution in [0.1, 0.15) is 22.3 Å². The van der Waals surface area contributed by atoms with Gasteiger partial charge in [-0.25, -0.2) is 4.79 Å². The molecular formula is C15H13ClN2O3. The van der Waals surface area contributed by atoms with Gasteiger partial charge in [0.25, 0.3) is 0 Å². The number of hydrogen-bond acceptors (Lipinski definition) is 3. The van der Waals surface area contributed by atoms with Gasteiger partial charge in [-0.2, -0.15) is 0 Å². The first-order valence-corrected chi connectivity index (χ1v) is 6.66. The third-order valence-corrected chi connectivity index (χ3v) is 3.18. The van der Waals surface area contributed by atoms with Crippen molar-refractivity contribution in [2.45, 2.75) is 12.8 Å². The number of benzene rings is 1. The van der Waals surface area contributed by atoms with E-state index in [0.717, 1.165) is 5.56 Å². The van der Waals surface area contributed by atoms with Gasteiger partial charge >= 0.3 is 5.97 Å². The summed E-state index contributed by atoms with van der Waals surface area (Å²) in [5, 5.41) is 11.8. The standard InChI is InChI=1S/C15H13ClN2O3/c16-11-4-1-5-12(14(11)15(20)21)18-13(19)7-6-10-3-2-8-17-9-10/h1-5,8-9H,6-7H2,(H,18,19)(H,20,21). The predicted octanol–water partition coefficient (Wildman–Crippen LogP) is 3.00. The first-order chi connectivity index (χ1) is 10.1. The van der Waals surface area contributed by atoms with E-state index in [1.807, 2.05) is 6.07 Å². The number of aromatic nitrogens is 1. The molecule has 0 atom stereocenters.